The van der Waals surface area contributed by atoms with Gasteiger partial charge in [0.05, 0.1) is 0 Å². The number of aryl methyl sites for hydroxylation is 1. The molecule has 0 aliphatic rings. The number of hydrogen-bond acceptors (Lipinski definition) is 0. The van der Waals surface area contributed by atoms with Crippen molar-refractivity contribution in [2.45, 2.75) is 13.3 Å². The second-order valence-corrected chi connectivity index (χ2v) is 2.92. The van der Waals surface area contributed by atoms with Crippen LogP contribution in [0.15, 0.2) is 30.3 Å². The molecular weight excluding hydrogens is 168 g/mol. The fourth-order valence-corrected chi connectivity index (χ4v) is 1.28. The third-order valence-electron chi connectivity index (χ3n) is 1.82. The third kappa shape index (κ3) is 2.38. The van der Waals surface area contributed by atoms with Crippen molar-refractivity contribution in [3.63, 3.8) is 0 Å². The van der Waals surface area contributed by atoms with E-state index in [-0.39, 0.29) is 0 Å². The standard InChI is InChI=1S/C11H13Cl/c1-2-10-6-3-4-7-11(10)8-5-9-12/h3-8H,2,9H2,1H3/b8-5+. The molecule has 1 aromatic carbocycles. The molecule has 0 spiro atoms. The van der Waals surface area contributed by atoms with Crippen LogP contribution in [0.25, 0.3) is 6.08 Å². The first-order valence-electron chi connectivity index (χ1n) is 4.19. The Hall–Kier alpha value is -0.750. The van der Waals surface area contributed by atoms with Gasteiger partial charge in [-0.05, 0) is 17.5 Å². The fourth-order valence-electron chi connectivity index (χ4n) is 1.19. The van der Waals surface area contributed by atoms with Gasteiger partial charge in [0.1, 0.15) is 0 Å². The smallest absolute Gasteiger partial charge is 0.0407 e. The SMILES string of the molecule is CCc1ccccc1/C=C/CCl. The van der Waals surface area contributed by atoms with Gasteiger partial charge in [-0.2, -0.15) is 0 Å². The highest BCUT2D eigenvalue weighted by Gasteiger charge is 1.93. The van der Waals surface area contributed by atoms with Crippen LogP contribution in [0.5, 0.6) is 0 Å². The van der Waals surface area contributed by atoms with Crippen LogP contribution in [-0.4, -0.2) is 5.88 Å². The maximum atomic E-state index is 5.56. The lowest BCUT2D eigenvalue weighted by molar-refractivity contribution is 1.13. The summed E-state index contributed by atoms with van der Waals surface area (Å²) in [5, 5.41) is 0. The van der Waals surface area contributed by atoms with E-state index in [1.807, 2.05) is 12.1 Å². The van der Waals surface area contributed by atoms with E-state index >= 15 is 0 Å². The lowest BCUT2D eigenvalue weighted by Crippen LogP contribution is -1.84. The Labute approximate surface area is 78.9 Å². The van der Waals surface area contributed by atoms with Crippen molar-refractivity contribution >= 4 is 17.7 Å². The van der Waals surface area contributed by atoms with Gasteiger partial charge in [0.25, 0.3) is 0 Å². The molecular formula is C11H13Cl. The highest BCUT2D eigenvalue weighted by atomic mass is 35.5. The molecule has 0 saturated carbocycles. The Morgan fingerprint density at radius 2 is 2.08 bits per heavy atom. The number of alkyl halides is 1. The molecule has 0 atom stereocenters. The Balaban J connectivity index is 2.89. The monoisotopic (exact) mass is 180 g/mol. The molecule has 12 heavy (non-hydrogen) atoms. The minimum Gasteiger partial charge on any atom is -0.122 e. The highest BCUT2D eigenvalue weighted by Crippen LogP contribution is 2.10. The molecule has 0 aromatic heterocycles. The lowest BCUT2D eigenvalue weighted by Gasteiger charge is -2.00. The molecule has 0 heterocycles. The van der Waals surface area contributed by atoms with Gasteiger partial charge in [0.2, 0.25) is 0 Å². The lowest BCUT2D eigenvalue weighted by atomic mass is 10.1. The van der Waals surface area contributed by atoms with Crippen molar-refractivity contribution in [3.05, 3.63) is 41.5 Å². The Morgan fingerprint density at radius 1 is 1.33 bits per heavy atom. The highest BCUT2D eigenvalue weighted by molar-refractivity contribution is 6.19. The van der Waals surface area contributed by atoms with Gasteiger partial charge in [0.15, 0.2) is 0 Å². The van der Waals surface area contributed by atoms with Gasteiger partial charge in [-0.3, -0.25) is 0 Å². The van der Waals surface area contributed by atoms with E-state index in [2.05, 4.69) is 31.2 Å². The second kappa shape index (κ2) is 5.00. The zero-order chi connectivity index (χ0) is 8.81. The normalized spacial score (nSPS) is 10.8. The average Bonchev–Trinajstić information content (AvgIpc) is 2.15. The van der Waals surface area contributed by atoms with Crippen LogP contribution in [0, 0.1) is 0 Å². The molecule has 0 fully saturated rings. The first kappa shape index (κ1) is 9.34. The van der Waals surface area contributed by atoms with Crippen molar-refractivity contribution in [3.8, 4) is 0 Å². The summed E-state index contributed by atoms with van der Waals surface area (Å²) >= 11 is 5.56. The first-order valence-corrected chi connectivity index (χ1v) is 4.72. The average molecular weight is 181 g/mol. The summed E-state index contributed by atoms with van der Waals surface area (Å²) in [6, 6.07) is 8.37. The molecule has 0 amide bonds. The van der Waals surface area contributed by atoms with Crippen LogP contribution < -0.4 is 0 Å². The van der Waals surface area contributed by atoms with E-state index in [1.54, 1.807) is 0 Å². The number of rotatable bonds is 3. The van der Waals surface area contributed by atoms with Gasteiger partial charge in [-0.1, -0.05) is 43.3 Å². The molecule has 1 heteroatoms. The first-order chi connectivity index (χ1) is 5.88. The number of allylic oxidation sites excluding steroid dienone is 1. The third-order valence-corrected chi connectivity index (χ3v) is 2.00. The van der Waals surface area contributed by atoms with Gasteiger partial charge in [0, 0.05) is 5.88 Å². The number of halogens is 1. The van der Waals surface area contributed by atoms with E-state index < -0.39 is 0 Å². The topological polar surface area (TPSA) is 0 Å². The largest absolute Gasteiger partial charge is 0.122 e. The molecule has 1 rings (SSSR count). The molecule has 64 valence electrons. The van der Waals surface area contributed by atoms with Crippen molar-refractivity contribution in [2.75, 3.05) is 5.88 Å². The van der Waals surface area contributed by atoms with Crippen molar-refractivity contribution in [2.24, 2.45) is 0 Å². The Morgan fingerprint density at radius 3 is 2.75 bits per heavy atom. The fraction of sp³-hybridized carbons (Fsp3) is 0.273. The Bertz CT molecular complexity index is 263. The number of benzene rings is 1. The molecule has 0 radical (unpaired) electrons. The van der Waals surface area contributed by atoms with Crippen LogP contribution in [0.4, 0.5) is 0 Å². The van der Waals surface area contributed by atoms with Gasteiger partial charge >= 0.3 is 0 Å². The summed E-state index contributed by atoms with van der Waals surface area (Å²) in [6.45, 7) is 2.16. The molecule has 1 aromatic rings. The van der Waals surface area contributed by atoms with E-state index in [9.17, 15) is 0 Å². The van der Waals surface area contributed by atoms with E-state index in [1.165, 1.54) is 11.1 Å². The maximum absolute atomic E-state index is 5.56. The quantitative estimate of drug-likeness (QED) is 0.625. The summed E-state index contributed by atoms with van der Waals surface area (Å²) < 4.78 is 0. The molecule has 0 aliphatic heterocycles. The Kier molecular flexibility index (Phi) is 3.89. The van der Waals surface area contributed by atoms with Crippen LogP contribution in [0.1, 0.15) is 18.1 Å². The van der Waals surface area contributed by atoms with Crippen molar-refractivity contribution in [1.82, 2.24) is 0 Å². The molecule has 0 N–H and O–H groups in total. The minimum atomic E-state index is 0.581. The molecule has 0 unspecified atom stereocenters. The summed E-state index contributed by atoms with van der Waals surface area (Å²) in [4.78, 5) is 0. The van der Waals surface area contributed by atoms with Crippen LogP contribution >= 0.6 is 11.6 Å². The van der Waals surface area contributed by atoms with Crippen LogP contribution in [0.2, 0.25) is 0 Å². The second-order valence-electron chi connectivity index (χ2n) is 2.61. The summed E-state index contributed by atoms with van der Waals surface area (Å²) in [5.74, 6) is 0.581. The predicted octanol–water partition coefficient (Wildman–Crippen LogP) is 3.50. The summed E-state index contributed by atoms with van der Waals surface area (Å²) in [7, 11) is 0. The molecule has 0 saturated heterocycles. The van der Waals surface area contributed by atoms with Crippen LogP contribution in [0.3, 0.4) is 0 Å². The molecule has 0 aliphatic carbocycles. The van der Waals surface area contributed by atoms with E-state index in [0.29, 0.717) is 5.88 Å². The minimum absolute atomic E-state index is 0.581. The summed E-state index contributed by atoms with van der Waals surface area (Å²) in [6.07, 6.45) is 5.12. The zero-order valence-electron chi connectivity index (χ0n) is 7.26. The van der Waals surface area contributed by atoms with Crippen LogP contribution in [-0.2, 0) is 6.42 Å². The predicted molar refractivity (Wildman–Crippen MR) is 55.6 cm³/mol. The van der Waals surface area contributed by atoms with E-state index in [4.69, 9.17) is 11.6 Å². The van der Waals surface area contributed by atoms with Gasteiger partial charge < -0.3 is 0 Å². The summed E-state index contributed by atoms with van der Waals surface area (Å²) in [5.41, 5.74) is 2.65. The van der Waals surface area contributed by atoms with Gasteiger partial charge in [-0.15, -0.1) is 11.6 Å². The number of hydrogen-bond donors (Lipinski definition) is 0. The van der Waals surface area contributed by atoms with Crippen molar-refractivity contribution in [1.29, 1.82) is 0 Å². The maximum Gasteiger partial charge on any atom is 0.0407 e. The van der Waals surface area contributed by atoms with E-state index in [0.717, 1.165) is 6.42 Å². The molecule has 0 nitrogen and oxygen atoms in total. The van der Waals surface area contributed by atoms with Gasteiger partial charge in [-0.25, -0.2) is 0 Å². The zero-order valence-corrected chi connectivity index (χ0v) is 8.01. The van der Waals surface area contributed by atoms with Crippen molar-refractivity contribution < 1.29 is 0 Å². The molecule has 0 bridgehead atoms.